The molecule has 1 aromatic carbocycles. The first-order valence-electron chi connectivity index (χ1n) is 6.24. The van der Waals surface area contributed by atoms with Crippen molar-refractivity contribution in [1.29, 1.82) is 0 Å². The summed E-state index contributed by atoms with van der Waals surface area (Å²) in [7, 11) is 0. The van der Waals surface area contributed by atoms with Crippen molar-refractivity contribution in [3.63, 3.8) is 0 Å². The van der Waals surface area contributed by atoms with Crippen LogP contribution in [0.2, 0.25) is 0 Å². The summed E-state index contributed by atoms with van der Waals surface area (Å²) in [6, 6.07) is 6.22. The molecule has 94 valence electrons. The average molecular weight is 299 g/mol. The van der Waals surface area contributed by atoms with Crippen LogP contribution in [0.5, 0.6) is 11.5 Å². The number of ether oxygens (including phenoxy) is 2. The molecule has 0 bridgehead atoms. The molecule has 0 N–H and O–H groups in total. The Labute approximate surface area is 111 Å². The molecule has 0 spiro atoms. The fraction of sp³-hybridized carbons (Fsp3) is 0.571. The Morgan fingerprint density at radius 1 is 1.24 bits per heavy atom. The first-order chi connectivity index (χ1) is 8.20. The van der Waals surface area contributed by atoms with E-state index in [-0.39, 0.29) is 0 Å². The summed E-state index contributed by atoms with van der Waals surface area (Å²) in [4.78, 5) is 0.397. The third-order valence-corrected chi connectivity index (χ3v) is 4.14. The molecule has 0 aliphatic carbocycles. The lowest BCUT2D eigenvalue weighted by Crippen LogP contribution is -2.15. The Balaban J connectivity index is 2.10. The number of rotatable bonds is 4. The molecule has 3 heteroatoms. The maximum Gasteiger partial charge on any atom is 0.161 e. The maximum absolute atomic E-state index is 5.60. The van der Waals surface area contributed by atoms with Gasteiger partial charge < -0.3 is 9.47 Å². The topological polar surface area (TPSA) is 18.5 Å². The van der Waals surface area contributed by atoms with E-state index in [0.717, 1.165) is 23.8 Å². The summed E-state index contributed by atoms with van der Waals surface area (Å²) in [5.74, 6) is 2.47. The highest BCUT2D eigenvalue weighted by atomic mass is 79.9. The Bertz CT molecular complexity index is 378. The molecular weight excluding hydrogens is 280 g/mol. The second-order valence-corrected chi connectivity index (χ2v) is 5.73. The molecule has 2 nitrogen and oxygen atoms in total. The van der Waals surface area contributed by atoms with E-state index in [1.807, 2.05) is 6.07 Å². The summed E-state index contributed by atoms with van der Waals surface area (Å²) in [6.45, 7) is 5.81. The van der Waals surface area contributed by atoms with Crippen molar-refractivity contribution in [2.75, 3.05) is 13.2 Å². The molecule has 0 saturated heterocycles. The molecule has 2 rings (SSSR count). The Hall–Kier alpha value is -0.700. The van der Waals surface area contributed by atoms with Gasteiger partial charge in [-0.3, -0.25) is 0 Å². The number of benzene rings is 1. The third-order valence-electron chi connectivity index (χ3n) is 3.23. The van der Waals surface area contributed by atoms with Gasteiger partial charge in [-0.05, 0) is 30.0 Å². The van der Waals surface area contributed by atoms with Crippen LogP contribution in [0.3, 0.4) is 0 Å². The van der Waals surface area contributed by atoms with E-state index in [4.69, 9.17) is 9.47 Å². The van der Waals surface area contributed by atoms with Crippen LogP contribution in [0.4, 0.5) is 0 Å². The van der Waals surface area contributed by atoms with E-state index in [1.165, 1.54) is 12.0 Å². The molecule has 0 amide bonds. The molecule has 2 atom stereocenters. The lowest BCUT2D eigenvalue weighted by Gasteiger charge is -2.21. The molecule has 17 heavy (non-hydrogen) atoms. The summed E-state index contributed by atoms with van der Waals surface area (Å²) in [5, 5.41) is 0. The Kier molecular flexibility index (Phi) is 4.32. The molecule has 1 aromatic rings. The van der Waals surface area contributed by atoms with Crippen LogP contribution in [0.15, 0.2) is 18.2 Å². The fourth-order valence-electron chi connectivity index (χ4n) is 1.91. The predicted molar refractivity (Wildman–Crippen MR) is 73.2 cm³/mol. The minimum atomic E-state index is 0.397. The highest BCUT2D eigenvalue weighted by Crippen LogP contribution is 2.37. The lowest BCUT2D eigenvalue weighted by atomic mass is 9.98. The first kappa shape index (κ1) is 12.7. The summed E-state index contributed by atoms with van der Waals surface area (Å²) >= 11 is 3.76. The molecule has 1 aliphatic rings. The molecule has 0 saturated carbocycles. The molecular formula is C14H19BrO2. The molecule has 0 aromatic heterocycles. The standard InChI is InChI=1S/C14H19BrO2/c1-3-10(2)8-12(15)11-4-5-13-14(9-11)17-7-6-16-13/h4-5,9-10,12H,3,6-8H2,1-2H3. The summed E-state index contributed by atoms with van der Waals surface area (Å²) in [6.07, 6.45) is 2.36. The zero-order valence-electron chi connectivity index (χ0n) is 10.4. The van der Waals surface area contributed by atoms with Gasteiger partial charge in [0.15, 0.2) is 11.5 Å². The van der Waals surface area contributed by atoms with Crippen molar-refractivity contribution in [3.8, 4) is 11.5 Å². The average Bonchev–Trinajstić information content (AvgIpc) is 2.38. The van der Waals surface area contributed by atoms with Gasteiger partial charge in [0.1, 0.15) is 13.2 Å². The minimum absolute atomic E-state index is 0.397. The third kappa shape index (κ3) is 3.15. The van der Waals surface area contributed by atoms with Crippen molar-refractivity contribution < 1.29 is 9.47 Å². The summed E-state index contributed by atoms with van der Waals surface area (Å²) in [5.41, 5.74) is 1.27. The van der Waals surface area contributed by atoms with E-state index in [1.54, 1.807) is 0 Å². The van der Waals surface area contributed by atoms with Crippen molar-refractivity contribution in [2.45, 2.75) is 31.5 Å². The van der Waals surface area contributed by atoms with E-state index >= 15 is 0 Å². The molecule has 0 fully saturated rings. The van der Waals surface area contributed by atoms with Gasteiger partial charge in [0.2, 0.25) is 0 Å². The van der Waals surface area contributed by atoms with E-state index in [0.29, 0.717) is 18.0 Å². The number of hydrogen-bond donors (Lipinski definition) is 0. The maximum atomic E-state index is 5.60. The Morgan fingerprint density at radius 3 is 2.65 bits per heavy atom. The smallest absolute Gasteiger partial charge is 0.161 e. The van der Waals surface area contributed by atoms with Gasteiger partial charge in [-0.2, -0.15) is 0 Å². The van der Waals surface area contributed by atoms with Crippen LogP contribution in [-0.2, 0) is 0 Å². The number of alkyl halides is 1. The first-order valence-corrected chi connectivity index (χ1v) is 7.16. The Morgan fingerprint density at radius 2 is 1.94 bits per heavy atom. The number of halogens is 1. The van der Waals surface area contributed by atoms with Gasteiger partial charge in [0.25, 0.3) is 0 Å². The van der Waals surface area contributed by atoms with Gasteiger partial charge in [0.05, 0.1) is 0 Å². The van der Waals surface area contributed by atoms with Crippen LogP contribution in [0.25, 0.3) is 0 Å². The van der Waals surface area contributed by atoms with Crippen LogP contribution < -0.4 is 9.47 Å². The minimum Gasteiger partial charge on any atom is -0.486 e. The zero-order chi connectivity index (χ0) is 12.3. The van der Waals surface area contributed by atoms with Crippen molar-refractivity contribution >= 4 is 15.9 Å². The van der Waals surface area contributed by atoms with Gasteiger partial charge in [-0.1, -0.05) is 42.3 Å². The highest BCUT2D eigenvalue weighted by molar-refractivity contribution is 9.09. The van der Waals surface area contributed by atoms with Crippen LogP contribution >= 0.6 is 15.9 Å². The fourth-order valence-corrected chi connectivity index (χ4v) is 2.83. The van der Waals surface area contributed by atoms with Crippen molar-refractivity contribution in [1.82, 2.24) is 0 Å². The SMILES string of the molecule is CCC(C)CC(Br)c1ccc2c(c1)OCCO2. The van der Waals surface area contributed by atoms with Crippen molar-refractivity contribution in [2.24, 2.45) is 5.92 Å². The van der Waals surface area contributed by atoms with Crippen LogP contribution in [0.1, 0.15) is 37.1 Å². The molecule has 1 heterocycles. The number of hydrogen-bond acceptors (Lipinski definition) is 2. The number of fused-ring (bicyclic) bond motifs is 1. The second kappa shape index (κ2) is 5.76. The largest absolute Gasteiger partial charge is 0.486 e. The normalized spacial score (nSPS) is 17.6. The lowest BCUT2D eigenvalue weighted by molar-refractivity contribution is 0.171. The highest BCUT2D eigenvalue weighted by Gasteiger charge is 2.16. The van der Waals surface area contributed by atoms with Gasteiger partial charge in [-0.15, -0.1) is 0 Å². The molecule has 1 aliphatic heterocycles. The quantitative estimate of drug-likeness (QED) is 0.770. The zero-order valence-corrected chi connectivity index (χ0v) is 12.0. The molecule has 2 unspecified atom stereocenters. The molecule has 0 radical (unpaired) electrons. The van der Waals surface area contributed by atoms with Gasteiger partial charge in [0, 0.05) is 4.83 Å². The second-order valence-electron chi connectivity index (χ2n) is 4.62. The predicted octanol–water partition coefficient (Wildman–Crippen LogP) is 4.33. The monoisotopic (exact) mass is 298 g/mol. The van der Waals surface area contributed by atoms with Crippen LogP contribution in [0, 0.1) is 5.92 Å². The van der Waals surface area contributed by atoms with E-state index < -0.39 is 0 Å². The van der Waals surface area contributed by atoms with Crippen LogP contribution in [-0.4, -0.2) is 13.2 Å². The van der Waals surface area contributed by atoms with E-state index in [9.17, 15) is 0 Å². The van der Waals surface area contributed by atoms with Crippen molar-refractivity contribution in [3.05, 3.63) is 23.8 Å². The van der Waals surface area contributed by atoms with Gasteiger partial charge in [-0.25, -0.2) is 0 Å². The van der Waals surface area contributed by atoms with E-state index in [2.05, 4.69) is 41.9 Å². The van der Waals surface area contributed by atoms with Gasteiger partial charge >= 0.3 is 0 Å². The summed E-state index contributed by atoms with van der Waals surface area (Å²) < 4.78 is 11.1.